The molecule has 8 nitrogen and oxygen atoms in total. The highest BCUT2D eigenvalue weighted by Gasteiger charge is 2.42. The van der Waals surface area contributed by atoms with Crippen LogP contribution in [-0.2, 0) is 4.74 Å². The number of nitrogens with two attached hydrogens (primary N) is 1. The minimum atomic E-state index is -0.507. The second-order valence-electron chi connectivity index (χ2n) is 7.42. The third-order valence-electron chi connectivity index (χ3n) is 5.41. The van der Waals surface area contributed by atoms with Crippen molar-refractivity contribution in [1.29, 1.82) is 0 Å². The van der Waals surface area contributed by atoms with Crippen LogP contribution in [0.2, 0.25) is 0 Å². The van der Waals surface area contributed by atoms with Gasteiger partial charge in [-0.05, 0) is 42.3 Å². The molecule has 2 saturated heterocycles. The minimum absolute atomic E-state index is 0.0370. The molecule has 2 amide bonds. The van der Waals surface area contributed by atoms with E-state index in [-0.39, 0.29) is 18.2 Å². The molecule has 3 fully saturated rings. The van der Waals surface area contributed by atoms with Crippen LogP contribution in [0.5, 0.6) is 5.75 Å². The van der Waals surface area contributed by atoms with Gasteiger partial charge in [-0.3, -0.25) is 4.79 Å². The maximum atomic E-state index is 11.9. The summed E-state index contributed by atoms with van der Waals surface area (Å²) in [5, 5.41) is 4.58. The van der Waals surface area contributed by atoms with Crippen LogP contribution in [0.15, 0.2) is 24.4 Å². The quantitative estimate of drug-likeness (QED) is 0.827. The third kappa shape index (κ3) is 2.90. The van der Waals surface area contributed by atoms with Crippen LogP contribution in [0.1, 0.15) is 23.2 Å². The number of primary amides is 1. The number of ether oxygens (including phenoxy) is 2. The molecule has 5 rings (SSSR count). The summed E-state index contributed by atoms with van der Waals surface area (Å²) in [4.78, 5) is 29.9. The first-order valence-electron chi connectivity index (χ1n) is 9.16. The van der Waals surface area contributed by atoms with Gasteiger partial charge in [-0.2, -0.15) is 0 Å². The van der Waals surface area contributed by atoms with Crippen molar-refractivity contribution in [3.63, 3.8) is 0 Å². The first-order chi connectivity index (χ1) is 13.1. The number of amides is 2. The molecular weight excluding hydrogens is 348 g/mol. The molecule has 0 bridgehead atoms. The summed E-state index contributed by atoms with van der Waals surface area (Å²) >= 11 is 0. The van der Waals surface area contributed by atoms with Gasteiger partial charge >= 0.3 is 6.09 Å². The first kappa shape index (κ1) is 16.2. The van der Waals surface area contributed by atoms with Crippen LogP contribution in [0.3, 0.4) is 0 Å². The molecule has 27 heavy (non-hydrogen) atoms. The fraction of sp³-hybridized carbons (Fsp3) is 0.421. The SMILES string of the molecule is NC(=O)c1cc2ccnc(N3CC4NC(=O)OC4C3)c2cc1OCC1CC1. The Morgan fingerprint density at radius 2 is 2.22 bits per heavy atom. The lowest BCUT2D eigenvalue weighted by Crippen LogP contribution is -2.32. The maximum absolute atomic E-state index is 11.9. The van der Waals surface area contributed by atoms with Crippen molar-refractivity contribution >= 4 is 28.6 Å². The van der Waals surface area contributed by atoms with Gasteiger partial charge < -0.3 is 25.4 Å². The standard InChI is InChI=1S/C19H20N4O4/c20-17(24)13-5-11-3-4-21-18(12(11)6-15(13)26-9-10-1-2-10)23-7-14-16(8-23)27-19(25)22-14/h3-6,10,14,16H,1-2,7-9H2,(H2,20,24)(H,22,25). The van der Waals surface area contributed by atoms with Crippen LogP contribution in [0.4, 0.5) is 10.6 Å². The van der Waals surface area contributed by atoms with E-state index in [1.807, 2.05) is 12.1 Å². The van der Waals surface area contributed by atoms with Crippen molar-refractivity contribution < 1.29 is 19.1 Å². The van der Waals surface area contributed by atoms with E-state index < -0.39 is 5.91 Å². The third-order valence-corrected chi connectivity index (χ3v) is 5.41. The molecule has 2 aromatic rings. The number of nitrogens with one attached hydrogen (secondary N) is 1. The normalized spacial score (nSPS) is 23.9. The average Bonchev–Trinajstić information content (AvgIpc) is 3.30. The molecule has 2 atom stereocenters. The van der Waals surface area contributed by atoms with Gasteiger partial charge in [-0.15, -0.1) is 0 Å². The second-order valence-corrected chi connectivity index (χ2v) is 7.42. The Balaban J connectivity index is 1.52. The van der Waals surface area contributed by atoms with Crippen LogP contribution in [-0.4, -0.2) is 48.8 Å². The van der Waals surface area contributed by atoms with Gasteiger partial charge in [0.05, 0.1) is 24.8 Å². The largest absolute Gasteiger partial charge is 0.492 e. The molecule has 3 N–H and O–H groups in total. The molecule has 1 aromatic heterocycles. The number of hydrogen-bond acceptors (Lipinski definition) is 6. The van der Waals surface area contributed by atoms with Gasteiger partial charge in [0.15, 0.2) is 0 Å². The Morgan fingerprint density at radius 1 is 1.37 bits per heavy atom. The number of carbonyl (C=O) groups is 2. The molecule has 3 aliphatic rings. The van der Waals surface area contributed by atoms with E-state index >= 15 is 0 Å². The fourth-order valence-corrected chi connectivity index (χ4v) is 3.77. The van der Waals surface area contributed by atoms with Crippen LogP contribution < -0.4 is 20.7 Å². The number of benzene rings is 1. The van der Waals surface area contributed by atoms with Gasteiger partial charge in [-0.1, -0.05) is 0 Å². The van der Waals surface area contributed by atoms with E-state index in [1.54, 1.807) is 12.3 Å². The summed E-state index contributed by atoms with van der Waals surface area (Å²) in [7, 11) is 0. The van der Waals surface area contributed by atoms with Gasteiger partial charge in [0.1, 0.15) is 17.7 Å². The molecule has 8 heteroatoms. The van der Waals surface area contributed by atoms with Crippen LogP contribution in [0, 0.1) is 5.92 Å². The predicted molar refractivity (Wildman–Crippen MR) is 97.9 cm³/mol. The average molecular weight is 368 g/mol. The lowest BCUT2D eigenvalue weighted by atomic mass is 10.1. The summed E-state index contributed by atoms with van der Waals surface area (Å²) in [6, 6.07) is 5.43. The molecule has 1 saturated carbocycles. The van der Waals surface area contributed by atoms with Crippen LogP contribution >= 0.6 is 0 Å². The number of rotatable bonds is 5. The molecule has 2 unspecified atom stereocenters. The van der Waals surface area contributed by atoms with Gasteiger partial charge in [0.2, 0.25) is 0 Å². The smallest absolute Gasteiger partial charge is 0.407 e. The Hall–Kier alpha value is -3.03. The van der Waals surface area contributed by atoms with E-state index in [9.17, 15) is 9.59 Å². The molecule has 1 aliphatic carbocycles. The summed E-state index contributed by atoms with van der Waals surface area (Å²) in [6.45, 7) is 1.79. The molecule has 0 radical (unpaired) electrons. The second kappa shape index (κ2) is 6.00. The molecule has 140 valence electrons. The highest BCUT2D eigenvalue weighted by molar-refractivity contribution is 6.03. The van der Waals surface area contributed by atoms with E-state index in [0.717, 1.165) is 29.4 Å². The predicted octanol–water partition coefficient (Wildman–Crippen LogP) is 1.42. The Bertz CT molecular complexity index is 927. The Morgan fingerprint density at radius 3 is 2.96 bits per heavy atom. The summed E-state index contributed by atoms with van der Waals surface area (Å²) < 4.78 is 11.2. The Labute approximate surface area is 155 Å². The Kier molecular flexibility index (Phi) is 3.60. The van der Waals surface area contributed by atoms with Crippen molar-refractivity contribution in [3.8, 4) is 5.75 Å². The minimum Gasteiger partial charge on any atom is -0.492 e. The number of aromatic nitrogens is 1. The summed E-state index contributed by atoms with van der Waals surface area (Å²) in [5.41, 5.74) is 5.94. The molecule has 0 spiro atoms. The van der Waals surface area contributed by atoms with Crippen molar-refractivity contribution in [2.45, 2.75) is 25.0 Å². The molecule has 1 aromatic carbocycles. The number of nitrogens with zero attached hydrogens (tertiary/aromatic N) is 2. The van der Waals surface area contributed by atoms with E-state index in [0.29, 0.717) is 36.9 Å². The number of pyridine rings is 1. The number of carbonyl (C=O) groups excluding carboxylic acids is 2. The van der Waals surface area contributed by atoms with Crippen molar-refractivity contribution in [1.82, 2.24) is 10.3 Å². The first-order valence-corrected chi connectivity index (χ1v) is 9.16. The zero-order valence-corrected chi connectivity index (χ0v) is 14.7. The summed E-state index contributed by atoms with van der Waals surface area (Å²) in [5.74, 6) is 1.34. The lowest BCUT2D eigenvalue weighted by molar-refractivity contribution is 0.0996. The monoisotopic (exact) mass is 368 g/mol. The van der Waals surface area contributed by atoms with Gasteiger partial charge in [-0.25, -0.2) is 9.78 Å². The van der Waals surface area contributed by atoms with Crippen molar-refractivity contribution in [3.05, 3.63) is 30.0 Å². The number of anilines is 1. The highest BCUT2D eigenvalue weighted by Crippen LogP contribution is 2.35. The van der Waals surface area contributed by atoms with E-state index in [2.05, 4.69) is 15.2 Å². The summed E-state index contributed by atoms with van der Waals surface area (Å²) in [6.07, 6.45) is 3.49. The zero-order valence-electron chi connectivity index (χ0n) is 14.7. The lowest BCUT2D eigenvalue weighted by Gasteiger charge is -2.20. The highest BCUT2D eigenvalue weighted by atomic mass is 16.6. The maximum Gasteiger partial charge on any atom is 0.407 e. The molecule has 3 heterocycles. The van der Waals surface area contributed by atoms with E-state index in [1.165, 1.54) is 0 Å². The number of hydrogen-bond donors (Lipinski definition) is 2. The van der Waals surface area contributed by atoms with Gasteiger partial charge in [0, 0.05) is 18.1 Å². The van der Waals surface area contributed by atoms with Gasteiger partial charge in [0.25, 0.3) is 5.91 Å². The van der Waals surface area contributed by atoms with Crippen molar-refractivity contribution in [2.75, 3.05) is 24.6 Å². The zero-order chi connectivity index (χ0) is 18.5. The number of fused-ring (bicyclic) bond motifs is 2. The molecular formula is C19H20N4O4. The fourth-order valence-electron chi connectivity index (χ4n) is 3.77. The number of alkyl carbamates (subject to hydrolysis) is 1. The topological polar surface area (TPSA) is 107 Å². The van der Waals surface area contributed by atoms with Crippen LogP contribution in [0.25, 0.3) is 10.8 Å². The molecule has 2 aliphatic heterocycles. The van der Waals surface area contributed by atoms with E-state index in [4.69, 9.17) is 15.2 Å². The van der Waals surface area contributed by atoms with Crippen molar-refractivity contribution in [2.24, 2.45) is 11.7 Å².